The summed E-state index contributed by atoms with van der Waals surface area (Å²) in [6.45, 7) is 3.48. The summed E-state index contributed by atoms with van der Waals surface area (Å²) in [5.74, 6) is -0.0255. The number of aromatic nitrogens is 1. The summed E-state index contributed by atoms with van der Waals surface area (Å²) in [5, 5.41) is 3.76. The first-order valence-electron chi connectivity index (χ1n) is 7.32. The smallest absolute Gasteiger partial charge is 0.265 e. The van der Waals surface area contributed by atoms with Crippen molar-refractivity contribution in [3.63, 3.8) is 0 Å². The maximum Gasteiger partial charge on any atom is 0.265 e. The van der Waals surface area contributed by atoms with Crippen LogP contribution in [0.1, 0.15) is 40.4 Å². The molecule has 8 heteroatoms. The number of carbonyl (C=O) groups excluding carboxylic acids is 2. The predicted octanol–water partition coefficient (Wildman–Crippen LogP) is 1.33. The number of amides is 2. The van der Waals surface area contributed by atoms with E-state index < -0.39 is 0 Å². The first-order chi connectivity index (χ1) is 10.1. The molecule has 2 amide bonds. The summed E-state index contributed by atoms with van der Waals surface area (Å²) >= 11 is 1.42. The number of rotatable bonds is 5. The van der Waals surface area contributed by atoms with E-state index in [9.17, 15) is 9.59 Å². The highest BCUT2D eigenvalue weighted by Gasteiger charge is 2.28. The van der Waals surface area contributed by atoms with E-state index in [0.717, 1.165) is 30.8 Å². The summed E-state index contributed by atoms with van der Waals surface area (Å²) < 4.78 is 0. The lowest BCUT2D eigenvalue weighted by Gasteiger charge is -2.35. The molecular weight excluding hydrogens is 324 g/mol. The number of thiazole rings is 1. The lowest BCUT2D eigenvalue weighted by Crippen LogP contribution is -2.49. The normalized spacial score (nSPS) is 17.7. The van der Waals surface area contributed by atoms with Gasteiger partial charge in [-0.15, -0.1) is 23.7 Å². The average molecular weight is 347 g/mol. The van der Waals surface area contributed by atoms with Gasteiger partial charge in [0.2, 0.25) is 5.91 Å². The Morgan fingerprint density at radius 3 is 2.91 bits per heavy atom. The SMILES string of the molecule is Cc1ncc(C(=O)N2CCCCC2CNC(=O)CCN)s1.Cl. The fourth-order valence-electron chi connectivity index (χ4n) is 2.53. The van der Waals surface area contributed by atoms with Gasteiger partial charge in [0.25, 0.3) is 5.91 Å². The molecule has 0 aromatic carbocycles. The Balaban J connectivity index is 0.00000242. The Kier molecular flexibility index (Phi) is 7.78. The highest BCUT2D eigenvalue weighted by Crippen LogP contribution is 2.22. The van der Waals surface area contributed by atoms with Gasteiger partial charge in [-0.2, -0.15) is 0 Å². The Morgan fingerprint density at radius 2 is 2.27 bits per heavy atom. The molecule has 0 aliphatic carbocycles. The number of piperidine rings is 1. The van der Waals surface area contributed by atoms with Crippen molar-refractivity contribution >= 4 is 35.6 Å². The third-order valence-electron chi connectivity index (χ3n) is 3.63. The predicted molar refractivity (Wildman–Crippen MR) is 89.5 cm³/mol. The number of nitrogens with one attached hydrogen (secondary N) is 1. The molecule has 0 radical (unpaired) electrons. The second kappa shape index (κ2) is 9.07. The van der Waals surface area contributed by atoms with Crippen molar-refractivity contribution in [2.75, 3.05) is 19.6 Å². The maximum atomic E-state index is 12.6. The molecule has 0 spiro atoms. The molecule has 1 unspecified atom stereocenters. The van der Waals surface area contributed by atoms with Gasteiger partial charge in [0.05, 0.1) is 11.2 Å². The number of carbonyl (C=O) groups is 2. The Hall–Kier alpha value is -1.18. The van der Waals surface area contributed by atoms with E-state index in [1.54, 1.807) is 6.20 Å². The number of hydrogen-bond acceptors (Lipinski definition) is 5. The Morgan fingerprint density at radius 1 is 1.50 bits per heavy atom. The second-order valence-electron chi connectivity index (χ2n) is 5.23. The maximum absolute atomic E-state index is 12.6. The van der Waals surface area contributed by atoms with E-state index in [1.807, 2.05) is 11.8 Å². The monoisotopic (exact) mass is 346 g/mol. The molecule has 6 nitrogen and oxygen atoms in total. The van der Waals surface area contributed by atoms with Crippen molar-refractivity contribution in [1.29, 1.82) is 0 Å². The van der Waals surface area contributed by atoms with Gasteiger partial charge in [-0.1, -0.05) is 0 Å². The van der Waals surface area contributed by atoms with Gasteiger partial charge in [0, 0.05) is 32.1 Å². The third kappa shape index (κ3) is 4.93. The van der Waals surface area contributed by atoms with Crippen molar-refractivity contribution in [1.82, 2.24) is 15.2 Å². The van der Waals surface area contributed by atoms with Crippen LogP contribution in [0.4, 0.5) is 0 Å². The van der Waals surface area contributed by atoms with E-state index in [2.05, 4.69) is 10.3 Å². The van der Waals surface area contributed by atoms with Crippen LogP contribution >= 0.6 is 23.7 Å². The van der Waals surface area contributed by atoms with Crippen LogP contribution in [0.5, 0.6) is 0 Å². The molecule has 3 N–H and O–H groups in total. The minimum Gasteiger partial charge on any atom is -0.354 e. The summed E-state index contributed by atoms with van der Waals surface area (Å²) in [5.41, 5.74) is 5.36. The van der Waals surface area contributed by atoms with Crippen molar-refractivity contribution in [2.24, 2.45) is 5.73 Å². The van der Waals surface area contributed by atoms with E-state index in [-0.39, 0.29) is 30.3 Å². The lowest BCUT2D eigenvalue weighted by atomic mass is 10.0. The molecule has 1 atom stereocenters. The highest BCUT2D eigenvalue weighted by atomic mass is 35.5. The first kappa shape index (κ1) is 18.9. The molecule has 1 aromatic heterocycles. The van der Waals surface area contributed by atoms with Gasteiger partial charge in [0.1, 0.15) is 4.88 Å². The van der Waals surface area contributed by atoms with Crippen LogP contribution in [0.15, 0.2) is 6.20 Å². The van der Waals surface area contributed by atoms with Crippen LogP contribution in [0.25, 0.3) is 0 Å². The fraction of sp³-hybridized carbons (Fsp3) is 0.643. The standard InChI is InChI=1S/C14H22N4O2S.ClH/c1-10-16-9-12(21-10)14(20)18-7-3-2-4-11(18)8-17-13(19)5-6-15;/h9,11H,2-8,15H2,1H3,(H,17,19);1H. The van der Waals surface area contributed by atoms with Gasteiger partial charge in [-0.3, -0.25) is 9.59 Å². The van der Waals surface area contributed by atoms with Crippen molar-refractivity contribution in [2.45, 2.75) is 38.6 Å². The molecule has 1 aromatic rings. The molecule has 0 bridgehead atoms. The number of hydrogen-bond donors (Lipinski definition) is 2. The number of likely N-dealkylation sites (tertiary alicyclic amines) is 1. The van der Waals surface area contributed by atoms with E-state index in [1.165, 1.54) is 11.3 Å². The first-order valence-corrected chi connectivity index (χ1v) is 8.13. The fourth-order valence-corrected chi connectivity index (χ4v) is 3.27. The zero-order chi connectivity index (χ0) is 15.2. The molecule has 1 aliphatic heterocycles. The van der Waals surface area contributed by atoms with Crippen LogP contribution < -0.4 is 11.1 Å². The molecule has 2 rings (SSSR count). The summed E-state index contributed by atoms with van der Waals surface area (Å²) in [4.78, 5) is 30.8. The zero-order valence-electron chi connectivity index (χ0n) is 12.7. The van der Waals surface area contributed by atoms with E-state index in [0.29, 0.717) is 24.4 Å². The average Bonchev–Trinajstić information content (AvgIpc) is 2.91. The molecule has 1 aliphatic rings. The highest BCUT2D eigenvalue weighted by molar-refractivity contribution is 7.13. The molecule has 2 heterocycles. The largest absolute Gasteiger partial charge is 0.354 e. The molecule has 22 heavy (non-hydrogen) atoms. The molecular formula is C14H23ClN4O2S. The summed E-state index contributed by atoms with van der Waals surface area (Å²) in [6.07, 6.45) is 4.99. The van der Waals surface area contributed by atoms with Crippen LogP contribution in [0.2, 0.25) is 0 Å². The van der Waals surface area contributed by atoms with Gasteiger partial charge in [-0.25, -0.2) is 4.98 Å². The van der Waals surface area contributed by atoms with Crippen LogP contribution in [-0.2, 0) is 4.79 Å². The van der Waals surface area contributed by atoms with Crippen molar-refractivity contribution in [3.05, 3.63) is 16.1 Å². The van der Waals surface area contributed by atoms with Crippen LogP contribution in [0.3, 0.4) is 0 Å². The second-order valence-corrected chi connectivity index (χ2v) is 6.47. The van der Waals surface area contributed by atoms with Crippen molar-refractivity contribution < 1.29 is 9.59 Å². The minimum absolute atomic E-state index is 0. The third-order valence-corrected chi connectivity index (χ3v) is 4.53. The van der Waals surface area contributed by atoms with Gasteiger partial charge < -0.3 is 16.0 Å². The van der Waals surface area contributed by atoms with Gasteiger partial charge in [-0.05, 0) is 26.2 Å². The quantitative estimate of drug-likeness (QED) is 0.842. The molecule has 1 saturated heterocycles. The number of aryl methyl sites for hydroxylation is 1. The topological polar surface area (TPSA) is 88.3 Å². The lowest BCUT2D eigenvalue weighted by molar-refractivity contribution is -0.121. The number of nitrogens with two attached hydrogens (primary N) is 1. The minimum atomic E-state index is -0.0518. The Labute approximate surface area is 140 Å². The number of halogens is 1. The zero-order valence-corrected chi connectivity index (χ0v) is 14.3. The molecule has 1 fully saturated rings. The summed E-state index contributed by atoms with van der Waals surface area (Å²) in [6, 6.07) is 0.0652. The van der Waals surface area contributed by atoms with Gasteiger partial charge >= 0.3 is 0 Å². The summed E-state index contributed by atoms with van der Waals surface area (Å²) in [7, 11) is 0. The van der Waals surface area contributed by atoms with Gasteiger partial charge in [0.15, 0.2) is 0 Å². The molecule has 124 valence electrons. The van der Waals surface area contributed by atoms with Crippen LogP contribution in [0, 0.1) is 6.92 Å². The number of nitrogens with zero attached hydrogens (tertiary/aromatic N) is 2. The van der Waals surface area contributed by atoms with E-state index in [4.69, 9.17) is 5.73 Å². The van der Waals surface area contributed by atoms with E-state index >= 15 is 0 Å². The molecule has 0 saturated carbocycles. The van der Waals surface area contributed by atoms with Crippen LogP contribution in [-0.4, -0.2) is 47.4 Å². The van der Waals surface area contributed by atoms with Crippen molar-refractivity contribution in [3.8, 4) is 0 Å². The Bertz CT molecular complexity index is 509.